The standard InChI is InChI=1S/C34H30N4/c1-5-6-22-38-30-21-20-25-14-10-12-18-28(25)33(30)34(2,3)31(38)19-13-11-17-27(23-35)32(29(24-36)37-4)26-15-8-7-9-16-26/h7-21H,5-6,22H2,1-3H3/b13-11+,27-17+,31-19+,32-29+. The molecule has 0 amide bonds. The molecule has 4 rings (SSSR count). The van der Waals surface area contributed by atoms with Crippen molar-refractivity contribution in [2.75, 3.05) is 11.4 Å². The van der Waals surface area contributed by atoms with Crippen LogP contribution in [0, 0.1) is 29.2 Å². The van der Waals surface area contributed by atoms with Crippen molar-refractivity contribution in [3.63, 3.8) is 0 Å². The maximum absolute atomic E-state index is 9.93. The van der Waals surface area contributed by atoms with E-state index in [0.717, 1.165) is 19.4 Å². The Kier molecular flexibility index (Phi) is 7.91. The number of nitrogens with zero attached hydrogens (tertiary/aromatic N) is 4. The Labute approximate surface area is 225 Å². The molecule has 1 heterocycles. The SMILES string of the molecule is [C-]#[N+]/C(C#N)=C(/C(C#N)=C/C=C/C=C1/N(CCCC)c2ccc3ccccc3c2C1(C)C)c1ccccc1. The van der Waals surface area contributed by atoms with Gasteiger partial charge in [-0.05, 0) is 46.5 Å². The molecule has 186 valence electrons. The largest absolute Gasteiger partial charge is 0.344 e. The fourth-order valence-corrected chi connectivity index (χ4v) is 5.23. The third-order valence-electron chi connectivity index (χ3n) is 7.02. The number of unbranched alkanes of at least 4 members (excludes halogenated alkanes) is 1. The summed E-state index contributed by atoms with van der Waals surface area (Å²) in [7, 11) is 0. The summed E-state index contributed by atoms with van der Waals surface area (Å²) in [5.41, 5.74) is 4.80. The molecule has 1 aliphatic heterocycles. The Morgan fingerprint density at radius 2 is 1.71 bits per heavy atom. The Hall–Kier alpha value is -4.85. The Balaban J connectivity index is 1.77. The molecule has 0 aromatic heterocycles. The summed E-state index contributed by atoms with van der Waals surface area (Å²) in [5, 5.41) is 22.0. The van der Waals surface area contributed by atoms with Crippen LogP contribution in [-0.4, -0.2) is 6.54 Å². The average Bonchev–Trinajstić information content (AvgIpc) is 3.17. The third kappa shape index (κ3) is 4.88. The highest BCUT2D eigenvalue weighted by atomic mass is 15.2. The van der Waals surface area contributed by atoms with Crippen LogP contribution in [0.3, 0.4) is 0 Å². The van der Waals surface area contributed by atoms with Gasteiger partial charge in [0.25, 0.3) is 5.70 Å². The topological polar surface area (TPSA) is 55.2 Å². The lowest BCUT2D eigenvalue weighted by Crippen LogP contribution is -2.27. The van der Waals surface area contributed by atoms with Crippen LogP contribution in [0.25, 0.3) is 21.2 Å². The van der Waals surface area contributed by atoms with Gasteiger partial charge in [-0.1, -0.05) is 100 Å². The van der Waals surface area contributed by atoms with Crippen LogP contribution in [0.1, 0.15) is 44.7 Å². The first kappa shape index (κ1) is 26.2. The van der Waals surface area contributed by atoms with Gasteiger partial charge in [0.2, 0.25) is 0 Å². The van der Waals surface area contributed by atoms with Crippen molar-refractivity contribution < 1.29 is 0 Å². The van der Waals surface area contributed by atoms with Crippen molar-refractivity contribution in [1.29, 1.82) is 10.5 Å². The minimum atomic E-state index is -0.205. The minimum absolute atomic E-state index is 0.0965. The molecule has 38 heavy (non-hydrogen) atoms. The quantitative estimate of drug-likeness (QED) is 0.188. The molecule has 0 fully saturated rings. The van der Waals surface area contributed by atoms with Crippen LogP contribution in [0.2, 0.25) is 0 Å². The molecular formula is C34H30N4. The van der Waals surface area contributed by atoms with Crippen molar-refractivity contribution >= 4 is 22.0 Å². The summed E-state index contributed by atoms with van der Waals surface area (Å²) < 4.78 is 0. The van der Waals surface area contributed by atoms with Gasteiger partial charge in [0.1, 0.15) is 0 Å². The molecule has 1 aliphatic rings. The number of rotatable bonds is 7. The smallest absolute Gasteiger partial charge is 0.270 e. The van der Waals surface area contributed by atoms with Crippen LogP contribution in [0.15, 0.2) is 108 Å². The van der Waals surface area contributed by atoms with Crippen LogP contribution in [-0.2, 0) is 5.41 Å². The molecule has 3 aromatic rings. The first-order chi connectivity index (χ1) is 18.5. The molecule has 0 spiro atoms. The van der Waals surface area contributed by atoms with Gasteiger partial charge in [-0.2, -0.15) is 5.26 Å². The van der Waals surface area contributed by atoms with Gasteiger partial charge in [-0.25, -0.2) is 10.1 Å². The number of allylic oxidation sites excluding steroid dienone is 8. The van der Waals surface area contributed by atoms with Gasteiger partial charge in [-0.3, -0.25) is 0 Å². The zero-order chi connectivity index (χ0) is 27.1. The van der Waals surface area contributed by atoms with Crippen molar-refractivity contribution in [1.82, 2.24) is 0 Å². The number of hydrogen-bond acceptors (Lipinski definition) is 3. The average molecular weight is 495 g/mol. The molecule has 0 aliphatic carbocycles. The summed E-state index contributed by atoms with van der Waals surface area (Å²) in [6.07, 6.45) is 9.77. The second-order valence-corrected chi connectivity index (χ2v) is 9.75. The molecule has 4 nitrogen and oxygen atoms in total. The van der Waals surface area contributed by atoms with Crippen LogP contribution < -0.4 is 4.90 Å². The van der Waals surface area contributed by atoms with Gasteiger partial charge in [-0.15, -0.1) is 0 Å². The van der Waals surface area contributed by atoms with E-state index < -0.39 is 0 Å². The summed E-state index contributed by atoms with van der Waals surface area (Å²) in [6.45, 7) is 15.1. The van der Waals surface area contributed by atoms with Crippen LogP contribution >= 0.6 is 0 Å². The highest BCUT2D eigenvalue weighted by Crippen LogP contribution is 2.50. The second-order valence-electron chi connectivity index (χ2n) is 9.75. The first-order valence-electron chi connectivity index (χ1n) is 12.8. The fourth-order valence-electron chi connectivity index (χ4n) is 5.23. The van der Waals surface area contributed by atoms with Gasteiger partial charge >= 0.3 is 0 Å². The summed E-state index contributed by atoms with van der Waals surface area (Å²) in [5.74, 6) is 0. The highest BCUT2D eigenvalue weighted by Gasteiger charge is 2.40. The van der Waals surface area contributed by atoms with E-state index in [0.29, 0.717) is 11.1 Å². The lowest BCUT2D eigenvalue weighted by molar-refractivity contribution is 0.628. The molecule has 0 bridgehead atoms. The van der Waals surface area contributed by atoms with Gasteiger partial charge < -0.3 is 4.90 Å². The summed E-state index contributed by atoms with van der Waals surface area (Å²) >= 11 is 0. The predicted molar refractivity (Wildman–Crippen MR) is 156 cm³/mol. The van der Waals surface area contributed by atoms with Gasteiger partial charge in [0.15, 0.2) is 0 Å². The zero-order valence-corrected chi connectivity index (χ0v) is 22.1. The van der Waals surface area contributed by atoms with E-state index in [4.69, 9.17) is 6.57 Å². The predicted octanol–water partition coefficient (Wildman–Crippen LogP) is 8.48. The van der Waals surface area contributed by atoms with E-state index in [-0.39, 0.29) is 16.7 Å². The normalized spacial score (nSPS) is 16.2. The minimum Gasteiger partial charge on any atom is -0.344 e. The van der Waals surface area contributed by atoms with Crippen molar-refractivity contribution in [2.45, 2.75) is 39.0 Å². The number of fused-ring (bicyclic) bond motifs is 3. The second kappa shape index (κ2) is 11.5. The van der Waals surface area contributed by atoms with E-state index in [9.17, 15) is 10.5 Å². The lowest BCUT2D eigenvalue weighted by atomic mass is 9.81. The summed E-state index contributed by atoms with van der Waals surface area (Å²) in [4.78, 5) is 5.81. The molecule has 0 radical (unpaired) electrons. The monoisotopic (exact) mass is 494 g/mol. The maximum Gasteiger partial charge on any atom is 0.270 e. The molecule has 0 saturated carbocycles. The van der Waals surface area contributed by atoms with Crippen molar-refractivity contribution in [3.05, 3.63) is 131 Å². The van der Waals surface area contributed by atoms with E-state index >= 15 is 0 Å². The first-order valence-corrected chi connectivity index (χ1v) is 12.8. The molecule has 0 saturated heterocycles. The Morgan fingerprint density at radius 1 is 0.974 bits per heavy atom. The number of nitriles is 2. The molecule has 3 aromatic carbocycles. The molecule has 0 N–H and O–H groups in total. The lowest BCUT2D eigenvalue weighted by Gasteiger charge is -2.27. The van der Waals surface area contributed by atoms with Gasteiger partial charge in [0, 0.05) is 28.9 Å². The van der Waals surface area contributed by atoms with Crippen LogP contribution in [0.4, 0.5) is 5.69 Å². The molecule has 0 atom stereocenters. The number of hydrogen-bond donors (Lipinski definition) is 0. The number of benzene rings is 3. The highest BCUT2D eigenvalue weighted by molar-refractivity contribution is 5.95. The van der Waals surface area contributed by atoms with E-state index in [1.54, 1.807) is 6.08 Å². The summed E-state index contributed by atoms with van der Waals surface area (Å²) in [6, 6.07) is 26.3. The Morgan fingerprint density at radius 3 is 2.39 bits per heavy atom. The van der Waals surface area contributed by atoms with E-state index in [2.05, 4.69) is 79.1 Å². The molecular weight excluding hydrogens is 464 g/mol. The molecule has 0 unspecified atom stereocenters. The Bertz CT molecular complexity index is 1580. The van der Waals surface area contributed by atoms with Crippen molar-refractivity contribution in [2.24, 2.45) is 0 Å². The number of anilines is 1. The zero-order valence-electron chi connectivity index (χ0n) is 22.1. The maximum atomic E-state index is 9.93. The molecule has 4 heteroatoms. The fraction of sp³-hybridized carbons (Fsp3) is 0.206. The van der Waals surface area contributed by atoms with Gasteiger partial charge in [0.05, 0.1) is 24.3 Å². The van der Waals surface area contributed by atoms with E-state index in [1.807, 2.05) is 48.6 Å². The van der Waals surface area contributed by atoms with Crippen LogP contribution in [0.5, 0.6) is 0 Å². The van der Waals surface area contributed by atoms with Crippen molar-refractivity contribution in [3.8, 4) is 12.1 Å². The third-order valence-corrected chi connectivity index (χ3v) is 7.02. The van der Waals surface area contributed by atoms with E-state index in [1.165, 1.54) is 27.7 Å².